The number of ether oxygens (including phenoxy) is 1. The second kappa shape index (κ2) is 4.88. The SMILES string of the molecule is Cc1cccc(NC2CCOC(C)C2)c1C. The van der Waals surface area contributed by atoms with Gasteiger partial charge in [0.05, 0.1) is 6.10 Å². The molecule has 0 aliphatic carbocycles. The maximum Gasteiger partial charge on any atom is 0.0566 e. The molecule has 0 radical (unpaired) electrons. The molecule has 0 aromatic heterocycles. The Morgan fingerprint density at radius 2 is 2.12 bits per heavy atom. The Morgan fingerprint density at radius 1 is 1.31 bits per heavy atom. The summed E-state index contributed by atoms with van der Waals surface area (Å²) < 4.78 is 5.56. The van der Waals surface area contributed by atoms with E-state index in [-0.39, 0.29) is 0 Å². The van der Waals surface area contributed by atoms with Crippen molar-refractivity contribution < 1.29 is 4.74 Å². The van der Waals surface area contributed by atoms with E-state index in [1.807, 2.05) is 0 Å². The maximum absolute atomic E-state index is 5.56. The van der Waals surface area contributed by atoms with Crippen LogP contribution in [0.4, 0.5) is 5.69 Å². The normalized spacial score (nSPS) is 25.4. The van der Waals surface area contributed by atoms with Crippen molar-refractivity contribution in [2.75, 3.05) is 11.9 Å². The van der Waals surface area contributed by atoms with Crippen molar-refractivity contribution >= 4 is 5.69 Å². The smallest absolute Gasteiger partial charge is 0.0566 e. The Bertz CT molecular complexity index is 362. The fourth-order valence-electron chi connectivity index (χ4n) is 2.26. The molecule has 1 heterocycles. The minimum atomic E-state index is 0.386. The number of rotatable bonds is 2. The first-order valence-corrected chi connectivity index (χ1v) is 6.11. The zero-order chi connectivity index (χ0) is 11.5. The van der Waals surface area contributed by atoms with E-state index in [2.05, 4.69) is 44.3 Å². The number of nitrogens with one attached hydrogen (secondary N) is 1. The summed E-state index contributed by atoms with van der Waals surface area (Å²) in [4.78, 5) is 0. The molecule has 0 amide bonds. The minimum absolute atomic E-state index is 0.386. The van der Waals surface area contributed by atoms with Gasteiger partial charge in [0.1, 0.15) is 0 Å². The molecule has 0 bridgehead atoms. The first-order chi connectivity index (χ1) is 7.66. The highest BCUT2D eigenvalue weighted by Crippen LogP contribution is 2.23. The Balaban J connectivity index is 2.05. The molecule has 2 rings (SSSR count). The van der Waals surface area contributed by atoms with Crippen LogP contribution in [0.1, 0.15) is 30.9 Å². The molecule has 16 heavy (non-hydrogen) atoms. The van der Waals surface area contributed by atoms with Crippen LogP contribution in [0.2, 0.25) is 0 Å². The van der Waals surface area contributed by atoms with E-state index in [1.54, 1.807) is 0 Å². The lowest BCUT2D eigenvalue weighted by Crippen LogP contribution is -2.32. The van der Waals surface area contributed by atoms with Gasteiger partial charge in [0.15, 0.2) is 0 Å². The first-order valence-electron chi connectivity index (χ1n) is 6.11. The molecule has 2 unspecified atom stereocenters. The molecule has 1 aliphatic rings. The van der Waals surface area contributed by atoms with Gasteiger partial charge in [0, 0.05) is 18.3 Å². The van der Waals surface area contributed by atoms with Crippen molar-refractivity contribution in [2.24, 2.45) is 0 Å². The average molecular weight is 219 g/mol. The van der Waals surface area contributed by atoms with E-state index in [4.69, 9.17) is 4.74 Å². The first kappa shape index (κ1) is 11.5. The van der Waals surface area contributed by atoms with Gasteiger partial charge in [-0.3, -0.25) is 0 Å². The molecule has 2 atom stereocenters. The average Bonchev–Trinajstić information content (AvgIpc) is 2.25. The molecule has 1 N–H and O–H groups in total. The topological polar surface area (TPSA) is 21.3 Å². The number of hydrogen-bond donors (Lipinski definition) is 1. The van der Waals surface area contributed by atoms with E-state index in [0.29, 0.717) is 12.1 Å². The van der Waals surface area contributed by atoms with E-state index in [9.17, 15) is 0 Å². The van der Waals surface area contributed by atoms with E-state index >= 15 is 0 Å². The third-order valence-electron chi connectivity index (χ3n) is 3.45. The lowest BCUT2D eigenvalue weighted by molar-refractivity contribution is 0.0232. The molecule has 88 valence electrons. The van der Waals surface area contributed by atoms with Crippen molar-refractivity contribution in [1.82, 2.24) is 0 Å². The fourth-order valence-corrected chi connectivity index (χ4v) is 2.26. The Labute approximate surface area is 98.0 Å². The molecule has 1 aromatic rings. The number of aryl methyl sites for hydroxylation is 1. The van der Waals surface area contributed by atoms with Crippen LogP contribution in [0, 0.1) is 13.8 Å². The molecule has 0 saturated carbocycles. The van der Waals surface area contributed by atoms with Crippen molar-refractivity contribution in [3.63, 3.8) is 0 Å². The van der Waals surface area contributed by atoms with Crippen LogP contribution in [0.5, 0.6) is 0 Å². The maximum atomic E-state index is 5.56. The minimum Gasteiger partial charge on any atom is -0.382 e. The lowest BCUT2D eigenvalue weighted by Gasteiger charge is -2.29. The predicted octanol–water partition coefficient (Wildman–Crippen LogP) is 3.28. The molecular formula is C14H21NO. The summed E-state index contributed by atoms with van der Waals surface area (Å²) >= 11 is 0. The van der Waals surface area contributed by atoms with Gasteiger partial charge in [0.2, 0.25) is 0 Å². The molecule has 2 heteroatoms. The molecule has 1 fully saturated rings. The highest BCUT2D eigenvalue weighted by molar-refractivity contribution is 5.54. The number of hydrogen-bond acceptors (Lipinski definition) is 2. The van der Waals surface area contributed by atoms with Crippen LogP contribution in [-0.4, -0.2) is 18.8 Å². The van der Waals surface area contributed by atoms with Gasteiger partial charge < -0.3 is 10.1 Å². The highest BCUT2D eigenvalue weighted by Gasteiger charge is 2.19. The van der Waals surface area contributed by atoms with Crippen LogP contribution in [0.25, 0.3) is 0 Å². The quantitative estimate of drug-likeness (QED) is 0.824. The summed E-state index contributed by atoms with van der Waals surface area (Å²) in [5.41, 5.74) is 3.99. The van der Waals surface area contributed by atoms with Crippen LogP contribution in [0.15, 0.2) is 18.2 Å². The molecule has 1 aliphatic heterocycles. The van der Waals surface area contributed by atoms with Gasteiger partial charge in [-0.1, -0.05) is 12.1 Å². The third-order valence-corrected chi connectivity index (χ3v) is 3.45. The largest absolute Gasteiger partial charge is 0.382 e. The van der Waals surface area contributed by atoms with E-state index < -0.39 is 0 Å². The second-order valence-corrected chi connectivity index (χ2v) is 4.79. The van der Waals surface area contributed by atoms with Gasteiger partial charge in [0.25, 0.3) is 0 Å². The van der Waals surface area contributed by atoms with Crippen molar-refractivity contribution in [3.05, 3.63) is 29.3 Å². The van der Waals surface area contributed by atoms with Crippen LogP contribution in [-0.2, 0) is 4.74 Å². The van der Waals surface area contributed by atoms with Crippen molar-refractivity contribution in [2.45, 2.75) is 45.8 Å². The summed E-state index contributed by atoms with van der Waals surface area (Å²) in [6.07, 6.45) is 2.60. The summed E-state index contributed by atoms with van der Waals surface area (Å²) in [6, 6.07) is 7.01. The molecule has 0 spiro atoms. The summed E-state index contributed by atoms with van der Waals surface area (Å²) in [5.74, 6) is 0. The summed E-state index contributed by atoms with van der Waals surface area (Å²) in [6.45, 7) is 7.37. The summed E-state index contributed by atoms with van der Waals surface area (Å²) in [7, 11) is 0. The fraction of sp³-hybridized carbons (Fsp3) is 0.571. The van der Waals surface area contributed by atoms with Crippen molar-refractivity contribution in [3.8, 4) is 0 Å². The number of anilines is 1. The van der Waals surface area contributed by atoms with E-state index in [0.717, 1.165) is 19.4 Å². The standard InChI is InChI=1S/C14H21NO/c1-10-5-4-6-14(12(10)3)15-13-7-8-16-11(2)9-13/h4-6,11,13,15H,7-9H2,1-3H3. The van der Waals surface area contributed by atoms with Crippen LogP contribution < -0.4 is 5.32 Å². The monoisotopic (exact) mass is 219 g/mol. The van der Waals surface area contributed by atoms with Gasteiger partial charge in [-0.15, -0.1) is 0 Å². The lowest BCUT2D eigenvalue weighted by atomic mass is 10.0. The van der Waals surface area contributed by atoms with Crippen molar-refractivity contribution in [1.29, 1.82) is 0 Å². The second-order valence-electron chi connectivity index (χ2n) is 4.79. The zero-order valence-electron chi connectivity index (χ0n) is 10.4. The highest BCUT2D eigenvalue weighted by atomic mass is 16.5. The van der Waals surface area contributed by atoms with Crippen LogP contribution >= 0.6 is 0 Å². The van der Waals surface area contributed by atoms with Gasteiger partial charge in [-0.2, -0.15) is 0 Å². The van der Waals surface area contributed by atoms with Crippen LogP contribution in [0.3, 0.4) is 0 Å². The third kappa shape index (κ3) is 2.56. The molecular weight excluding hydrogens is 198 g/mol. The molecule has 1 aromatic carbocycles. The zero-order valence-corrected chi connectivity index (χ0v) is 10.4. The number of benzene rings is 1. The summed E-state index contributed by atoms with van der Waals surface area (Å²) in [5, 5.41) is 3.64. The van der Waals surface area contributed by atoms with Gasteiger partial charge in [-0.05, 0) is 50.8 Å². The van der Waals surface area contributed by atoms with Gasteiger partial charge in [-0.25, -0.2) is 0 Å². The van der Waals surface area contributed by atoms with Gasteiger partial charge >= 0.3 is 0 Å². The Morgan fingerprint density at radius 3 is 2.88 bits per heavy atom. The van der Waals surface area contributed by atoms with E-state index in [1.165, 1.54) is 16.8 Å². The Kier molecular flexibility index (Phi) is 3.49. The molecule has 1 saturated heterocycles. The predicted molar refractivity (Wildman–Crippen MR) is 68.0 cm³/mol. The molecule has 2 nitrogen and oxygen atoms in total. The Hall–Kier alpha value is -1.02.